The van der Waals surface area contributed by atoms with Crippen LogP contribution in [0.2, 0.25) is 0 Å². The number of hydrogen-bond donors (Lipinski definition) is 0. The number of alkyl halides is 1. The van der Waals surface area contributed by atoms with Gasteiger partial charge < -0.3 is 4.74 Å². The van der Waals surface area contributed by atoms with Gasteiger partial charge in [-0.2, -0.15) is 0 Å². The summed E-state index contributed by atoms with van der Waals surface area (Å²) < 4.78 is 5.83. The Morgan fingerprint density at radius 2 is 1.85 bits per heavy atom. The van der Waals surface area contributed by atoms with Crippen LogP contribution in [-0.4, -0.2) is 17.5 Å². The van der Waals surface area contributed by atoms with Crippen LogP contribution in [0.3, 0.4) is 0 Å². The smallest absolute Gasteiger partial charge is 0.324 e. The highest BCUT2D eigenvalue weighted by atomic mass is 35.5. The predicted octanol–water partition coefficient (Wildman–Crippen LogP) is 8.96. The van der Waals surface area contributed by atoms with Crippen LogP contribution in [0, 0.1) is 46.3 Å². The highest BCUT2D eigenvalue weighted by Crippen LogP contribution is 2.67. The molecule has 0 spiro atoms. The number of halogens is 1. The first kappa shape index (κ1) is 26.6. The molecule has 0 saturated heterocycles. The van der Waals surface area contributed by atoms with Crippen LogP contribution in [-0.2, 0) is 9.53 Å². The largest absolute Gasteiger partial charge is 0.461 e. The van der Waals surface area contributed by atoms with Gasteiger partial charge in [0, 0.05) is 6.42 Å². The fourth-order valence-electron chi connectivity index (χ4n) is 9.16. The second-order valence-electron chi connectivity index (χ2n) is 13.5. The number of rotatable bonds is 8. The van der Waals surface area contributed by atoms with Crippen molar-refractivity contribution in [1.29, 1.82) is 0 Å². The van der Waals surface area contributed by atoms with Gasteiger partial charge in [0.05, 0.1) is 0 Å². The summed E-state index contributed by atoms with van der Waals surface area (Å²) in [5, 5.41) is -0.503. The average molecular weight is 491 g/mol. The van der Waals surface area contributed by atoms with Crippen molar-refractivity contribution in [2.24, 2.45) is 46.3 Å². The lowest BCUT2D eigenvalue weighted by atomic mass is 9.47. The minimum atomic E-state index is -0.503. The molecule has 0 bridgehead atoms. The second-order valence-corrected chi connectivity index (χ2v) is 14.0. The summed E-state index contributed by atoms with van der Waals surface area (Å²) >= 11 is 6.14. The molecule has 0 N–H and O–H groups in total. The van der Waals surface area contributed by atoms with E-state index in [2.05, 4.69) is 40.7 Å². The molecule has 0 aromatic heterocycles. The predicted molar refractivity (Wildman–Crippen MR) is 143 cm³/mol. The Labute approximate surface area is 215 Å². The van der Waals surface area contributed by atoms with Gasteiger partial charge in [0.25, 0.3) is 0 Å². The summed E-state index contributed by atoms with van der Waals surface area (Å²) in [6.45, 7) is 14.5. The second kappa shape index (κ2) is 10.5. The third kappa shape index (κ3) is 4.88. The summed E-state index contributed by atoms with van der Waals surface area (Å²) in [6, 6.07) is 0. The molecule has 0 amide bonds. The number of esters is 1. The van der Waals surface area contributed by atoms with Crippen LogP contribution in [0.5, 0.6) is 0 Å². The average Bonchev–Trinajstić information content (AvgIpc) is 3.15. The van der Waals surface area contributed by atoms with Crippen LogP contribution in [0.1, 0.15) is 119 Å². The van der Waals surface area contributed by atoms with E-state index in [1.54, 1.807) is 5.57 Å². The molecule has 194 valence electrons. The quantitative estimate of drug-likeness (QED) is 0.193. The number of hydrogen-bond acceptors (Lipinski definition) is 2. The van der Waals surface area contributed by atoms with E-state index in [1.165, 1.54) is 51.4 Å². The van der Waals surface area contributed by atoms with Crippen molar-refractivity contribution >= 4 is 17.6 Å². The molecule has 0 aromatic carbocycles. The molecule has 9 atom stereocenters. The number of carbonyl (C=O) groups is 1. The molecule has 3 saturated carbocycles. The summed E-state index contributed by atoms with van der Waals surface area (Å²) in [6.07, 6.45) is 17.5. The molecule has 2 nitrogen and oxygen atoms in total. The summed E-state index contributed by atoms with van der Waals surface area (Å²) in [5.74, 6) is 4.96. The molecule has 0 aromatic rings. The first-order valence-corrected chi connectivity index (χ1v) is 15.1. The zero-order valence-corrected chi connectivity index (χ0v) is 23.6. The molecule has 4 aliphatic rings. The minimum Gasteiger partial charge on any atom is -0.461 e. The first-order valence-electron chi connectivity index (χ1n) is 14.6. The maximum atomic E-state index is 12.3. The molecule has 4 aliphatic carbocycles. The molecule has 0 aliphatic heterocycles. The Morgan fingerprint density at radius 3 is 2.56 bits per heavy atom. The lowest BCUT2D eigenvalue weighted by Gasteiger charge is -2.58. The van der Waals surface area contributed by atoms with Crippen LogP contribution in [0.15, 0.2) is 11.6 Å². The van der Waals surface area contributed by atoms with Gasteiger partial charge >= 0.3 is 5.97 Å². The van der Waals surface area contributed by atoms with Crippen molar-refractivity contribution in [2.45, 2.75) is 130 Å². The van der Waals surface area contributed by atoms with Crippen molar-refractivity contribution in [2.75, 3.05) is 0 Å². The Morgan fingerprint density at radius 1 is 1.09 bits per heavy atom. The molecule has 0 radical (unpaired) electrons. The van der Waals surface area contributed by atoms with E-state index in [9.17, 15) is 4.79 Å². The zero-order valence-electron chi connectivity index (χ0n) is 22.9. The van der Waals surface area contributed by atoms with Crippen molar-refractivity contribution in [3.63, 3.8) is 0 Å². The van der Waals surface area contributed by atoms with E-state index in [1.807, 2.05) is 6.92 Å². The monoisotopic (exact) mass is 490 g/mol. The van der Waals surface area contributed by atoms with E-state index in [4.69, 9.17) is 16.3 Å². The molecule has 0 unspecified atom stereocenters. The van der Waals surface area contributed by atoms with Gasteiger partial charge in [-0.1, -0.05) is 72.5 Å². The van der Waals surface area contributed by atoms with E-state index in [-0.39, 0.29) is 12.1 Å². The van der Waals surface area contributed by atoms with Gasteiger partial charge in [0.15, 0.2) is 0 Å². The fraction of sp³-hybridized carbons (Fsp3) is 0.903. The lowest BCUT2D eigenvalue weighted by molar-refractivity contribution is -0.151. The number of allylic oxidation sites excluding steroid dienone is 1. The van der Waals surface area contributed by atoms with Gasteiger partial charge in [-0.05, 0) is 97.7 Å². The number of carbonyl (C=O) groups excluding carboxylic acids is 1. The zero-order chi connectivity index (χ0) is 24.7. The topological polar surface area (TPSA) is 26.3 Å². The van der Waals surface area contributed by atoms with Crippen molar-refractivity contribution < 1.29 is 9.53 Å². The van der Waals surface area contributed by atoms with Gasteiger partial charge in [0.1, 0.15) is 11.5 Å². The first-order chi connectivity index (χ1) is 16.1. The Balaban J connectivity index is 1.43. The molecule has 0 heterocycles. The Hall–Kier alpha value is -0.500. The highest BCUT2D eigenvalue weighted by Gasteiger charge is 2.59. The van der Waals surface area contributed by atoms with Gasteiger partial charge in [0.2, 0.25) is 0 Å². The fourth-order valence-corrected chi connectivity index (χ4v) is 9.21. The molecule has 3 fully saturated rings. The van der Waals surface area contributed by atoms with Crippen LogP contribution in [0.4, 0.5) is 0 Å². The van der Waals surface area contributed by atoms with E-state index >= 15 is 0 Å². The van der Waals surface area contributed by atoms with Gasteiger partial charge in [-0.25, -0.2) is 0 Å². The SMILES string of the molecule is CC[C@H](Cl)C(=O)O[C@H]1CC[C@@]2(C)C(=CC[C@@H]3[C@H]4CC[C@@H]([C@H](C)CCCC(C)C)[C@@]4(C)CC[C@H]32)C1. The minimum absolute atomic E-state index is 0.0209. The summed E-state index contributed by atoms with van der Waals surface area (Å²) in [7, 11) is 0. The third-order valence-electron chi connectivity index (χ3n) is 11.2. The molecule has 4 rings (SSSR count). The van der Waals surface area contributed by atoms with Crippen molar-refractivity contribution in [1.82, 2.24) is 0 Å². The summed E-state index contributed by atoms with van der Waals surface area (Å²) in [4.78, 5) is 12.3. The maximum Gasteiger partial charge on any atom is 0.324 e. The molecule has 3 heteroatoms. The van der Waals surface area contributed by atoms with E-state index < -0.39 is 5.38 Å². The van der Waals surface area contributed by atoms with Gasteiger partial charge in [-0.15, -0.1) is 11.6 Å². The van der Waals surface area contributed by atoms with Crippen LogP contribution in [0.25, 0.3) is 0 Å². The molecular formula is C31H51ClO2. The van der Waals surface area contributed by atoms with Gasteiger partial charge in [-0.3, -0.25) is 4.79 Å². The van der Waals surface area contributed by atoms with Crippen molar-refractivity contribution in [3.05, 3.63) is 11.6 Å². The third-order valence-corrected chi connectivity index (χ3v) is 11.6. The lowest BCUT2D eigenvalue weighted by Crippen LogP contribution is -2.51. The summed E-state index contributed by atoms with van der Waals surface area (Å²) in [5.41, 5.74) is 2.43. The number of fused-ring (bicyclic) bond motifs is 5. The van der Waals surface area contributed by atoms with Crippen molar-refractivity contribution in [3.8, 4) is 0 Å². The maximum absolute atomic E-state index is 12.3. The van der Waals surface area contributed by atoms with E-state index in [0.717, 1.165) is 54.8 Å². The molecular weight excluding hydrogens is 440 g/mol. The van der Waals surface area contributed by atoms with Crippen LogP contribution < -0.4 is 0 Å². The van der Waals surface area contributed by atoms with E-state index in [0.29, 0.717) is 17.3 Å². The Kier molecular flexibility index (Phi) is 8.18. The van der Waals surface area contributed by atoms with Crippen LogP contribution >= 0.6 is 11.6 Å². The highest BCUT2D eigenvalue weighted by molar-refractivity contribution is 6.29. The standard InChI is InChI=1S/C31H51ClO2/c1-7-28(32)29(33)34-23-15-17-30(5)22(19-23)11-12-24-26-14-13-25(21(4)10-8-9-20(2)3)31(26,6)18-16-27(24)30/h11,20-21,23-28H,7-10,12-19H2,1-6H3/t21-,23+,24-,25+,26-,27-,28+,30+,31-/m1/s1. The molecule has 34 heavy (non-hydrogen) atoms. The Bertz CT molecular complexity index is 759. The normalized spacial score (nSPS) is 41.2. The number of ether oxygens (including phenoxy) is 1.